The van der Waals surface area contributed by atoms with Gasteiger partial charge in [-0.1, -0.05) is 29.9 Å². The molecular weight excluding hydrogens is 422 g/mol. The van der Waals surface area contributed by atoms with E-state index in [4.69, 9.17) is 0 Å². The summed E-state index contributed by atoms with van der Waals surface area (Å²) in [6, 6.07) is 13.7. The summed E-state index contributed by atoms with van der Waals surface area (Å²) in [6.45, 7) is 1.39. The number of carbonyl (C=O) groups excluding carboxylic acids is 1. The van der Waals surface area contributed by atoms with E-state index in [9.17, 15) is 18.0 Å². The van der Waals surface area contributed by atoms with Crippen molar-refractivity contribution in [3.8, 4) is 0 Å². The van der Waals surface area contributed by atoms with E-state index in [1.807, 2.05) is 24.3 Å². The van der Waals surface area contributed by atoms with E-state index in [2.05, 4.69) is 5.32 Å². The van der Waals surface area contributed by atoms with E-state index in [-0.39, 0.29) is 28.6 Å². The van der Waals surface area contributed by atoms with Crippen LogP contribution >= 0.6 is 11.3 Å². The summed E-state index contributed by atoms with van der Waals surface area (Å²) in [5.74, 6) is -0.233. The summed E-state index contributed by atoms with van der Waals surface area (Å²) in [4.78, 5) is 24.6. The van der Waals surface area contributed by atoms with Gasteiger partial charge in [-0.2, -0.15) is 4.31 Å². The molecule has 4 rings (SSSR count). The van der Waals surface area contributed by atoms with Gasteiger partial charge in [0.1, 0.15) is 0 Å². The summed E-state index contributed by atoms with van der Waals surface area (Å²) in [6.07, 6.45) is 2.98. The number of sulfonamides is 1. The molecule has 0 unspecified atom stereocenters. The number of aryl methyl sites for hydroxylation is 1. The number of piperidine rings is 1. The van der Waals surface area contributed by atoms with E-state index in [0.717, 1.165) is 40.8 Å². The first kappa shape index (κ1) is 20.8. The third-order valence-corrected chi connectivity index (χ3v) is 8.10. The summed E-state index contributed by atoms with van der Waals surface area (Å²) >= 11 is 1.16. The highest BCUT2D eigenvalue weighted by Crippen LogP contribution is 2.22. The molecule has 1 amide bonds. The molecule has 0 radical (unpaired) electrons. The zero-order chi connectivity index (χ0) is 21.1. The van der Waals surface area contributed by atoms with Crippen molar-refractivity contribution in [3.63, 3.8) is 0 Å². The first-order chi connectivity index (χ1) is 14.4. The van der Waals surface area contributed by atoms with Gasteiger partial charge < -0.3 is 5.32 Å². The smallest absolute Gasteiger partial charge is 0.308 e. The van der Waals surface area contributed by atoms with Gasteiger partial charge in [0.2, 0.25) is 15.9 Å². The average molecular weight is 446 g/mol. The van der Waals surface area contributed by atoms with Crippen LogP contribution in [0.15, 0.2) is 58.2 Å². The Morgan fingerprint density at radius 3 is 2.43 bits per heavy atom. The molecule has 2 heterocycles. The number of nitrogens with zero attached hydrogens (tertiary/aromatic N) is 2. The molecule has 0 saturated carbocycles. The predicted molar refractivity (Wildman–Crippen MR) is 118 cm³/mol. The lowest BCUT2D eigenvalue weighted by Crippen LogP contribution is -2.35. The highest BCUT2D eigenvalue weighted by Gasteiger charge is 2.25. The summed E-state index contributed by atoms with van der Waals surface area (Å²) < 4.78 is 29.4. The zero-order valence-corrected chi connectivity index (χ0v) is 18.0. The molecule has 30 heavy (non-hydrogen) atoms. The van der Waals surface area contributed by atoms with Crippen molar-refractivity contribution < 1.29 is 13.2 Å². The Bertz CT molecular complexity index is 1210. The number of carbonyl (C=O) groups is 1. The summed E-state index contributed by atoms with van der Waals surface area (Å²) in [5, 5.41) is 2.77. The van der Waals surface area contributed by atoms with Crippen LogP contribution in [-0.4, -0.2) is 36.3 Å². The SMILES string of the molecule is O=C(CCn1c(=O)sc2ccccc21)Nc1ccc(S(=O)(=O)N2CCCCC2)cc1. The standard InChI is InChI=1S/C21H23N3O4S2/c25-20(12-15-24-18-6-2-3-7-19(18)29-21(24)26)22-16-8-10-17(11-9-16)30(27,28)23-13-4-1-5-14-23/h2-3,6-11H,1,4-5,12-15H2,(H,22,25). The van der Waals surface area contributed by atoms with Crippen LogP contribution in [0.5, 0.6) is 0 Å². The Hall–Kier alpha value is -2.49. The molecule has 0 bridgehead atoms. The fourth-order valence-electron chi connectivity index (χ4n) is 3.63. The molecule has 7 nitrogen and oxygen atoms in total. The predicted octanol–water partition coefficient (Wildman–Crippen LogP) is 3.27. The molecule has 9 heteroatoms. The number of fused-ring (bicyclic) bond motifs is 1. The second kappa shape index (κ2) is 8.71. The van der Waals surface area contributed by atoms with Crippen LogP contribution in [0.2, 0.25) is 0 Å². The Morgan fingerprint density at radius 2 is 1.70 bits per heavy atom. The van der Waals surface area contributed by atoms with E-state index in [0.29, 0.717) is 18.8 Å². The highest BCUT2D eigenvalue weighted by atomic mass is 32.2. The first-order valence-electron chi connectivity index (χ1n) is 9.93. The van der Waals surface area contributed by atoms with Crippen LogP contribution in [0.25, 0.3) is 10.2 Å². The number of nitrogens with one attached hydrogen (secondary N) is 1. The highest BCUT2D eigenvalue weighted by molar-refractivity contribution is 7.89. The van der Waals surface area contributed by atoms with Gasteiger partial charge in [-0.05, 0) is 49.2 Å². The Kier molecular flexibility index (Phi) is 6.03. The number of rotatable bonds is 6. The van der Waals surface area contributed by atoms with Gasteiger partial charge in [-0.25, -0.2) is 8.42 Å². The third kappa shape index (κ3) is 4.33. The van der Waals surface area contributed by atoms with Crippen LogP contribution in [0.3, 0.4) is 0 Å². The normalized spacial score (nSPS) is 15.3. The molecule has 1 aliphatic rings. The molecule has 1 saturated heterocycles. The van der Waals surface area contributed by atoms with Gasteiger partial charge in [0.15, 0.2) is 0 Å². The van der Waals surface area contributed by atoms with Crippen molar-refractivity contribution in [1.29, 1.82) is 0 Å². The van der Waals surface area contributed by atoms with Crippen LogP contribution in [0.1, 0.15) is 25.7 Å². The second-order valence-corrected chi connectivity index (χ2v) is 10.2. The minimum atomic E-state index is -3.49. The number of aromatic nitrogens is 1. The van der Waals surface area contributed by atoms with E-state index in [1.165, 1.54) is 16.4 Å². The van der Waals surface area contributed by atoms with Crippen molar-refractivity contribution in [2.45, 2.75) is 37.1 Å². The molecular formula is C21H23N3O4S2. The lowest BCUT2D eigenvalue weighted by Gasteiger charge is -2.25. The van der Waals surface area contributed by atoms with Crippen molar-refractivity contribution in [3.05, 3.63) is 58.2 Å². The fraction of sp³-hybridized carbons (Fsp3) is 0.333. The average Bonchev–Trinajstić information content (AvgIpc) is 3.08. The molecule has 0 atom stereocenters. The Balaban J connectivity index is 1.39. The monoisotopic (exact) mass is 445 g/mol. The van der Waals surface area contributed by atoms with Crippen LogP contribution in [0.4, 0.5) is 5.69 Å². The fourth-order valence-corrected chi connectivity index (χ4v) is 6.06. The molecule has 1 aliphatic heterocycles. The lowest BCUT2D eigenvalue weighted by molar-refractivity contribution is -0.116. The number of hydrogen-bond acceptors (Lipinski definition) is 5. The maximum Gasteiger partial charge on any atom is 0.308 e. The number of hydrogen-bond donors (Lipinski definition) is 1. The van der Waals surface area contributed by atoms with E-state index >= 15 is 0 Å². The van der Waals surface area contributed by atoms with E-state index in [1.54, 1.807) is 16.7 Å². The summed E-state index contributed by atoms with van der Waals surface area (Å²) in [7, 11) is -3.49. The number of benzene rings is 2. The molecule has 2 aromatic carbocycles. The van der Waals surface area contributed by atoms with Crippen LogP contribution in [-0.2, 0) is 21.4 Å². The Morgan fingerprint density at radius 1 is 1.00 bits per heavy atom. The minimum Gasteiger partial charge on any atom is -0.326 e. The van der Waals surface area contributed by atoms with Crippen molar-refractivity contribution in [2.75, 3.05) is 18.4 Å². The van der Waals surface area contributed by atoms with Gasteiger partial charge >= 0.3 is 4.87 Å². The van der Waals surface area contributed by atoms with Crippen molar-refractivity contribution in [2.24, 2.45) is 0 Å². The number of para-hydroxylation sites is 1. The molecule has 1 N–H and O–H groups in total. The van der Waals surface area contributed by atoms with Gasteiger partial charge in [0.05, 0.1) is 15.1 Å². The molecule has 158 valence electrons. The quantitative estimate of drug-likeness (QED) is 0.631. The third-order valence-electron chi connectivity index (χ3n) is 5.23. The maximum absolute atomic E-state index is 12.7. The molecule has 0 aliphatic carbocycles. The number of amides is 1. The first-order valence-corrected chi connectivity index (χ1v) is 12.2. The number of anilines is 1. The minimum absolute atomic E-state index is 0.0868. The molecule has 1 fully saturated rings. The summed E-state index contributed by atoms with van der Waals surface area (Å²) in [5.41, 5.74) is 1.35. The van der Waals surface area contributed by atoms with Gasteiger partial charge in [0.25, 0.3) is 0 Å². The topological polar surface area (TPSA) is 88.5 Å². The van der Waals surface area contributed by atoms with Crippen LogP contribution in [0, 0.1) is 0 Å². The molecule has 1 aromatic heterocycles. The zero-order valence-electron chi connectivity index (χ0n) is 16.4. The van der Waals surface area contributed by atoms with Crippen LogP contribution < -0.4 is 10.2 Å². The van der Waals surface area contributed by atoms with Gasteiger partial charge in [0, 0.05) is 31.7 Å². The lowest BCUT2D eigenvalue weighted by atomic mass is 10.2. The van der Waals surface area contributed by atoms with E-state index < -0.39 is 10.0 Å². The maximum atomic E-state index is 12.7. The second-order valence-electron chi connectivity index (χ2n) is 7.27. The van der Waals surface area contributed by atoms with Gasteiger partial charge in [-0.15, -0.1) is 0 Å². The molecule has 0 spiro atoms. The van der Waals surface area contributed by atoms with Crippen molar-refractivity contribution in [1.82, 2.24) is 8.87 Å². The molecule has 3 aromatic rings. The van der Waals surface area contributed by atoms with Gasteiger partial charge in [-0.3, -0.25) is 14.2 Å². The largest absolute Gasteiger partial charge is 0.326 e. The van der Waals surface area contributed by atoms with Crippen molar-refractivity contribution >= 4 is 43.2 Å². The Labute approximate surface area is 179 Å². The number of thiazole rings is 1.